The monoisotopic (exact) mass is 236 g/mol. The number of rotatable bonds is 0. The molecule has 1 fully saturated rings. The molecule has 0 saturated carbocycles. The average molecular weight is 236 g/mol. The van der Waals surface area contributed by atoms with Gasteiger partial charge in [0.2, 0.25) is 5.79 Å². The van der Waals surface area contributed by atoms with Gasteiger partial charge in [-0.25, -0.2) is 4.79 Å². The van der Waals surface area contributed by atoms with E-state index in [1.807, 2.05) is 6.92 Å². The van der Waals surface area contributed by atoms with E-state index in [0.717, 1.165) is 19.4 Å². The molecule has 92 valence electrons. The fraction of sp³-hybridized carbons (Fsp3) is 0.615. The van der Waals surface area contributed by atoms with E-state index in [-0.39, 0.29) is 11.5 Å². The van der Waals surface area contributed by atoms with Crippen molar-refractivity contribution < 1.29 is 13.9 Å². The van der Waals surface area contributed by atoms with Crippen LogP contribution in [0.5, 0.6) is 5.75 Å². The van der Waals surface area contributed by atoms with E-state index in [2.05, 4.69) is 0 Å². The van der Waals surface area contributed by atoms with Crippen LogP contribution in [-0.2, 0) is 11.2 Å². The highest BCUT2D eigenvalue weighted by atomic mass is 16.7. The molecule has 1 aromatic heterocycles. The molecular weight excluding hydrogens is 220 g/mol. The van der Waals surface area contributed by atoms with Gasteiger partial charge < -0.3 is 13.9 Å². The molecule has 2 atom stereocenters. The third-order valence-corrected chi connectivity index (χ3v) is 3.72. The maximum Gasteiger partial charge on any atom is 0.342 e. The first-order valence-electron chi connectivity index (χ1n) is 6.05. The van der Waals surface area contributed by atoms with Gasteiger partial charge in [0, 0.05) is 18.9 Å². The normalized spacial score (nSPS) is 31.3. The number of fused-ring (bicyclic) bond motifs is 2. The zero-order valence-corrected chi connectivity index (χ0v) is 10.1. The van der Waals surface area contributed by atoms with Gasteiger partial charge in [-0.3, -0.25) is 0 Å². The molecule has 4 nitrogen and oxygen atoms in total. The minimum Gasteiger partial charge on any atom is -0.462 e. The summed E-state index contributed by atoms with van der Waals surface area (Å²) in [6.07, 6.45) is 2.74. The van der Waals surface area contributed by atoms with Gasteiger partial charge in [-0.15, -0.1) is 0 Å². The predicted octanol–water partition coefficient (Wildman–Crippen LogP) is 2.03. The standard InChI is InChI=1S/C13H16O4/c1-8-6-11-10(12(14)16-8)7-9-4-3-5-15-13(9,2)17-11/h6,9H,3-5,7H2,1-2H3/t9-,13+/m0/s1. The highest BCUT2D eigenvalue weighted by Crippen LogP contribution is 2.41. The van der Waals surface area contributed by atoms with Crippen LogP contribution in [0.1, 0.15) is 31.1 Å². The van der Waals surface area contributed by atoms with Crippen LogP contribution in [0.25, 0.3) is 0 Å². The molecular formula is C13H16O4. The lowest BCUT2D eigenvalue weighted by Gasteiger charge is -2.44. The second-order valence-corrected chi connectivity index (χ2v) is 5.00. The molecule has 3 rings (SSSR count). The van der Waals surface area contributed by atoms with Crippen LogP contribution in [0.3, 0.4) is 0 Å². The van der Waals surface area contributed by atoms with Crippen molar-refractivity contribution >= 4 is 0 Å². The van der Waals surface area contributed by atoms with Crippen molar-refractivity contribution in [1.29, 1.82) is 0 Å². The lowest BCUT2D eigenvalue weighted by molar-refractivity contribution is -0.233. The Balaban J connectivity index is 2.07. The van der Waals surface area contributed by atoms with Gasteiger partial charge in [0.1, 0.15) is 11.5 Å². The fourth-order valence-corrected chi connectivity index (χ4v) is 2.73. The third kappa shape index (κ3) is 1.67. The van der Waals surface area contributed by atoms with Crippen LogP contribution < -0.4 is 10.4 Å². The summed E-state index contributed by atoms with van der Waals surface area (Å²) >= 11 is 0. The van der Waals surface area contributed by atoms with E-state index in [0.29, 0.717) is 23.5 Å². The molecule has 1 aromatic rings. The van der Waals surface area contributed by atoms with Gasteiger partial charge in [0.05, 0.1) is 12.2 Å². The summed E-state index contributed by atoms with van der Waals surface area (Å²) in [5.74, 6) is 0.867. The summed E-state index contributed by atoms with van der Waals surface area (Å²) in [6, 6.07) is 1.77. The van der Waals surface area contributed by atoms with E-state index < -0.39 is 5.79 Å². The number of ether oxygens (including phenoxy) is 2. The van der Waals surface area contributed by atoms with Gasteiger partial charge in [-0.2, -0.15) is 0 Å². The van der Waals surface area contributed by atoms with Crippen molar-refractivity contribution in [1.82, 2.24) is 0 Å². The molecule has 0 aliphatic carbocycles. The summed E-state index contributed by atoms with van der Waals surface area (Å²) in [6.45, 7) is 4.44. The van der Waals surface area contributed by atoms with Crippen LogP contribution in [0.2, 0.25) is 0 Å². The SMILES string of the molecule is Cc1cc2c(c(=O)o1)C[C@@H]1CCCO[C@]1(C)O2. The van der Waals surface area contributed by atoms with Crippen molar-refractivity contribution in [3.8, 4) is 5.75 Å². The second-order valence-electron chi connectivity index (χ2n) is 5.00. The summed E-state index contributed by atoms with van der Waals surface area (Å²) < 4.78 is 16.8. The Labute approximate surface area is 99.5 Å². The van der Waals surface area contributed by atoms with E-state index in [1.165, 1.54) is 0 Å². The molecule has 4 heteroatoms. The van der Waals surface area contributed by atoms with Gasteiger partial charge in [0.15, 0.2) is 0 Å². The molecule has 2 aliphatic rings. The smallest absolute Gasteiger partial charge is 0.342 e. The minimum atomic E-state index is -0.578. The summed E-state index contributed by atoms with van der Waals surface area (Å²) in [5.41, 5.74) is 0.385. The van der Waals surface area contributed by atoms with Crippen molar-refractivity contribution in [3.05, 3.63) is 27.8 Å². The zero-order valence-electron chi connectivity index (χ0n) is 10.1. The lowest BCUT2D eigenvalue weighted by Crippen LogP contribution is -2.50. The third-order valence-electron chi connectivity index (χ3n) is 3.72. The van der Waals surface area contributed by atoms with Crippen molar-refractivity contribution in [2.45, 2.75) is 38.9 Å². The predicted molar refractivity (Wildman–Crippen MR) is 61.1 cm³/mol. The molecule has 17 heavy (non-hydrogen) atoms. The largest absolute Gasteiger partial charge is 0.462 e. The van der Waals surface area contributed by atoms with Crippen LogP contribution in [0.15, 0.2) is 15.3 Å². The van der Waals surface area contributed by atoms with Crippen LogP contribution >= 0.6 is 0 Å². The van der Waals surface area contributed by atoms with E-state index in [1.54, 1.807) is 13.0 Å². The highest BCUT2D eigenvalue weighted by Gasteiger charge is 2.44. The van der Waals surface area contributed by atoms with Crippen LogP contribution in [-0.4, -0.2) is 12.4 Å². The second kappa shape index (κ2) is 3.60. The van der Waals surface area contributed by atoms with Gasteiger partial charge in [-0.05, 0) is 26.2 Å². The Morgan fingerprint density at radius 2 is 2.29 bits per heavy atom. The van der Waals surface area contributed by atoms with Crippen molar-refractivity contribution in [3.63, 3.8) is 0 Å². The van der Waals surface area contributed by atoms with E-state index in [9.17, 15) is 4.79 Å². The maximum absolute atomic E-state index is 11.8. The summed E-state index contributed by atoms with van der Waals surface area (Å²) in [5, 5.41) is 0. The lowest BCUT2D eigenvalue weighted by atomic mass is 9.84. The molecule has 0 spiro atoms. The first-order chi connectivity index (χ1) is 8.08. The number of aryl methyl sites for hydroxylation is 1. The fourth-order valence-electron chi connectivity index (χ4n) is 2.73. The Morgan fingerprint density at radius 1 is 1.47 bits per heavy atom. The topological polar surface area (TPSA) is 48.7 Å². The molecule has 0 radical (unpaired) electrons. The zero-order chi connectivity index (χ0) is 12.0. The Kier molecular flexibility index (Phi) is 2.30. The molecule has 1 saturated heterocycles. The first kappa shape index (κ1) is 10.8. The molecule has 0 aromatic carbocycles. The van der Waals surface area contributed by atoms with Gasteiger partial charge in [-0.1, -0.05) is 0 Å². The van der Waals surface area contributed by atoms with E-state index >= 15 is 0 Å². The molecule has 0 N–H and O–H groups in total. The maximum atomic E-state index is 11.8. The first-order valence-corrected chi connectivity index (χ1v) is 6.05. The average Bonchev–Trinajstić information content (AvgIpc) is 2.25. The molecule has 0 unspecified atom stereocenters. The van der Waals surface area contributed by atoms with Crippen LogP contribution in [0.4, 0.5) is 0 Å². The molecule has 0 amide bonds. The molecule has 2 aliphatic heterocycles. The number of hydrogen-bond donors (Lipinski definition) is 0. The van der Waals surface area contributed by atoms with Gasteiger partial charge in [0.25, 0.3) is 0 Å². The van der Waals surface area contributed by atoms with Gasteiger partial charge >= 0.3 is 5.63 Å². The highest BCUT2D eigenvalue weighted by molar-refractivity contribution is 5.34. The van der Waals surface area contributed by atoms with Crippen LogP contribution in [0, 0.1) is 12.8 Å². The van der Waals surface area contributed by atoms with Crippen molar-refractivity contribution in [2.24, 2.45) is 5.92 Å². The summed E-state index contributed by atoms with van der Waals surface area (Å²) in [4.78, 5) is 11.8. The number of hydrogen-bond acceptors (Lipinski definition) is 4. The summed E-state index contributed by atoms with van der Waals surface area (Å²) in [7, 11) is 0. The Hall–Kier alpha value is -1.29. The Bertz CT molecular complexity index is 505. The molecule has 0 bridgehead atoms. The minimum absolute atomic E-state index is 0.245. The van der Waals surface area contributed by atoms with E-state index in [4.69, 9.17) is 13.9 Å². The quantitative estimate of drug-likeness (QED) is 0.691. The van der Waals surface area contributed by atoms with Crippen molar-refractivity contribution in [2.75, 3.05) is 6.61 Å². The molecule has 3 heterocycles. The Morgan fingerprint density at radius 3 is 3.12 bits per heavy atom.